The summed E-state index contributed by atoms with van der Waals surface area (Å²) in [7, 11) is 1.57. The molecule has 8 heteroatoms. The lowest BCUT2D eigenvalue weighted by Gasteiger charge is -2.18. The molecule has 2 aromatic rings. The van der Waals surface area contributed by atoms with Gasteiger partial charge in [-0.25, -0.2) is 9.37 Å². The van der Waals surface area contributed by atoms with Crippen molar-refractivity contribution < 1.29 is 9.31 Å². The van der Waals surface area contributed by atoms with Crippen LogP contribution in [0.2, 0.25) is 5.28 Å². The van der Waals surface area contributed by atoms with E-state index in [0.29, 0.717) is 5.56 Å². The molecule has 6 nitrogen and oxygen atoms in total. The topological polar surface area (TPSA) is 72.2 Å². The lowest BCUT2D eigenvalue weighted by atomic mass is 10.2. The second kappa shape index (κ2) is 5.79. The summed E-state index contributed by atoms with van der Waals surface area (Å²) in [4.78, 5) is 19.2. The van der Waals surface area contributed by atoms with Crippen molar-refractivity contribution in [3.63, 3.8) is 0 Å². The largest absolute Gasteiger partial charge is 0.349 e. The van der Waals surface area contributed by atoms with E-state index in [1.54, 1.807) is 25.2 Å². The molecule has 104 valence electrons. The van der Waals surface area contributed by atoms with Gasteiger partial charge < -0.3 is 4.90 Å². The molecule has 1 aromatic carbocycles. The molecular weight excluding hydrogens is 287 g/mol. The van der Waals surface area contributed by atoms with Crippen LogP contribution in [0.4, 0.5) is 15.9 Å². The Bertz CT molecular complexity index is 653. The van der Waals surface area contributed by atoms with E-state index in [9.17, 15) is 14.5 Å². The third kappa shape index (κ3) is 3.00. The minimum Gasteiger partial charge on any atom is -0.349 e. The minimum atomic E-state index is -0.608. The molecule has 20 heavy (non-hydrogen) atoms. The van der Waals surface area contributed by atoms with Crippen molar-refractivity contribution in [1.82, 2.24) is 9.97 Å². The van der Waals surface area contributed by atoms with E-state index >= 15 is 0 Å². The Kier molecular flexibility index (Phi) is 4.09. The second-order valence-electron chi connectivity index (χ2n) is 4.05. The average molecular weight is 297 g/mol. The van der Waals surface area contributed by atoms with E-state index < -0.39 is 4.92 Å². The van der Waals surface area contributed by atoms with Crippen LogP contribution in [0.5, 0.6) is 0 Å². The molecule has 0 radical (unpaired) electrons. The van der Waals surface area contributed by atoms with Gasteiger partial charge in [-0.15, -0.1) is 0 Å². The molecule has 0 unspecified atom stereocenters. The van der Waals surface area contributed by atoms with Gasteiger partial charge in [-0.3, -0.25) is 10.1 Å². The molecule has 0 bridgehead atoms. The van der Waals surface area contributed by atoms with E-state index in [2.05, 4.69) is 9.97 Å². The van der Waals surface area contributed by atoms with E-state index in [0.717, 1.165) is 6.20 Å². The predicted molar refractivity (Wildman–Crippen MR) is 72.2 cm³/mol. The second-order valence-corrected chi connectivity index (χ2v) is 4.39. The Labute approximate surface area is 119 Å². The first-order valence-electron chi connectivity index (χ1n) is 5.60. The van der Waals surface area contributed by atoms with Gasteiger partial charge >= 0.3 is 5.69 Å². The van der Waals surface area contributed by atoms with Gasteiger partial charge in [0.25, 0.3) is 0 Å². The minimum absolute atomic E-state index is 0.0400. The zero-order chi connectivity index (χ0) is 14.7. The van der Waals surface area contributed by atoms with E-state index in [1.165, 1.54) is 11.0 Å². The van der Waals surface area contributed by atoms with Crippen LogP contribution in [-0.2, 0) is 6.54 Å². The van der Waals surface area contributed by atoms with Crippen molar-refractivity contribution in [2.24, 2.45) is 0 Å². The van der Waals surface area contributed by atoms with Gasteiger partial charge in [-0.05, 0) is 17.7 Å². The number of benzene rings is 1. The van der Waals surface area contributed by atoms with Crippen LogP contribution in [0.25, 0.3) is 0 Å². The summed E-state index contributed by atoms with van der Waals surface area (Å²) >= 11 is 5.65. The van der Waals surface area contributed by atoms with Crippen molar-refractivity contribution in [1.29, 1.82) is 0 Å². The Balaban J connectivity index is 2.34. The number of aromatic nitrogens is 2. The fraction of sp³-hybridized carbons (Fsp3) is 0.167. The van der Waals surface area contributed by atoms with Crippen LogP contribution in [0.1, 0.15) is 5.56 Å². The highest BCUT2D eigenvalue weighted by Crippen LogP contribution is 2.26. The third-order valence-corrected chi connectivity index (χ3v) is 2.83. The first kappa shape index (κ1) is 14.1. The Morgan fingerprint density at radius 1 is 1.45 bits per heavy atom. The maximum Gasteiger partial charge on any atom is 0.329 e. The number of rotatable bonds is 4. The van der Waals surface area contributed by atoms with Gasteiger partial charge in [0.15, 0.2) is 0 Å². The molecule has 2 rings (SSSR count). The van der Waals surface area contributed by atoms with Gasteiger partial charge in [0, 0.05) is 19.2 Å². The summed E-state index contributed by atoms with van der Waals surface area (Å²) in [6.45, 7) is 0.126. The normalized spacial score (nSPS) is 10.3. The van der Waals surface area contributed by atoms with Crippen molar-refractivity contribution in [2.75, 3.05) is 11.9 Å². The Morgan fingerprint density at radius 2 is 2.15 bits per heavy atom. The predicted octanol–water partition coefficient (Wildman–Crippen LogP) is 2.81. The maximum atomic E-state index is 13.6. The van der Waals surface area contributed by atoms with Crippen molar-refractivity contribution in [2.45, 2.75) is 6.54 Å². The molecule has 0 aliphatic carbocycles. The van der Waals surface area contributed by atoms with Gasteiger partial charge in [0.2, 0.25) is 11.1 Å². The molecule has 1 aromatic heterocycles. The highest BCUT2D eigenvalue weighted by atomic mass is 35.5. The fourth-order valence-corrected chi connectivity index (χ4v) is 1.84. The highest BCUT2D eigenvalue weighted by Gasteiger charge is 2.21. The number of hydrogen-bond donors (Lipinski definition) is 0. The Morgan fingerprint density at radius 3 is 2.80 bits per heavy atom. The zero-order valence-electron chi connectivity index (χ0n) is 10.5. The first-order chi connectivity index (χ1) is 9.49. The number of halogens is 2. The summed E-state index contributed by atoms with van der Waals surface area (Å²) in [5, 5.41) is 10.8. The maximum absolute atomic E-state index is 13.6. The molecule has 0 aliphatic rings. The molecule has 0 aliphatic heterocycles. The average Bonchev–Trinajstić information content (AvgIpc) is 2.40. The molecule has 0 saturated heterocycles. The number of nitro groups is 1. The summed E-state index contributed by atoms with van der Waals surface area (Å²) in [5.74, 6) is -0.347. The molecule has 0 fully saturated rings. The molecule has 0 saturated carbocycles. The summed E-state index contributed by atoms with van der Waals surface area (Å²) in [6, 6.07) is 6.18. The standard InChI is InChI=1S/C12H10ClFN4O2/c1-17(7-8-4-2-3-5-9(8)14)11-10(18(19)20)6-15-12(13)16-11/h2-6H,7H2,1H3. The van der Waals surface area contributed by atoms with E-state index in [4.69, 9.17) is 11.6 Å². The third-order valence-electron chi connectivity index (χ3n) is 2.64. The smallest absolute Gasteiger partial charge is 0.329 e. The van der Waals surface area contributed by atoms with Gasteiger partial charge in [0.1, 0.15) is 12.0 Å². The van der Waals surface area contributed by atoms with Crippen LogP contribution in [0.3, 0.4) is 0 Å². The van der Waals surface area contributed by atoms with Gasteiger partial charge in [-0.2, -0.15) is 4.98 Å². The van der Waals surface area contributed by atoms with Gasteiger partial charge in [0.05, 0.1) is 4.92 Å². The molecule has 0 atom stereocenters. The molecule has 0 N–H and O–H groups in total. The monoisotopic (exact) mass is 296 g/mol. The van der Waals surface area contributed by atoms with E-state index in [-0.39, 0.29) is 29.2 Å². The molecular formula is C12H10ClFN4O2. The molecule has 0 spiro atoms. The summed E-state index contributed by atoms with van der Waals surface area (Å²) < 4.78 is 13.6. The van der Waals surface area contributed by atoms with Crippen molar-refractivity contribution >= 4 is 23.1 Å². The number of nitrogens with zero attached hydrogens (tertiary/aromatic N) is 4. The van der Waals surface area contributed by atoms with E-state index in [1.807, 2.05) is 0 Å². The zero-order valence-corrected chi connectivity index (χ0v) is 11.2. The Hall–Kier alpha value is -2.28. The molecule has 1 heterocycles. The first-order valence-corrected chi connectivity index (χ1v) is 5.98. The van der Waals surface area contributed by atoms with Crippen LogP contribution < -0.4 is 4.90 Å². The lowest BCUT2D eigenvalue weighted by Crippen LogP contribution is -2.20. The van der Waals surface area contributed by atoms with Gasteiger partial charge in [-0.1, -0.05) is 18.2 Å². The fourth-order valence-electron chi connectivity index (χ4n) is 1.71. The van der Waals surface area contributed by atoms with Crippen LogP contribution >= 0.6 is 11.6 Å². The lowest BCUT2D eigenvalue weighted by molar-refractivity contribution is -0.384. The number of hydrogen-bond acceptors (Lipinski definition) is 5. The summed E-state index contributed by atoms with van der Waals surface area (Å²) in [5.41, 5.74) is 0.118. The summed E-state index contributed by atoms with van der Waals surface area (Å²) in [6.07, 6.45) is 1.03. The highest BCUT2D eigenvalue weighted by molar-refractivity contribution is 6.28. The number of anilines is 1. The van der Waals surface area contributed by atoms with Crippen LogP contribution in [0, 0.1) is 15.9 Å². The van der Waals surface area contributed by atoms with Crippen molar-refractivity contribution in [3.8, 4) is 0 Å². The molecule has 0 amide bonds. The van der Waals surface area contributed by atoms with Crippen LogP contribution in [-0.4, -0.2) is 21.9 Å². The quantitative estimate of drug-likeness (QED) is 0.493. The van der Waals surface area contributed by atoms with Crippen molar-refractivity contribution in [3.05, 3.63) is 57.2 Å². The SMILES string of the molecule is CN(Cc1ccccc1F)c1nc(Cl)ncc1[N+](=O)[O-]. The van der Waals surface area contributed by atoms with Crippen LogP contribution in [0.15, 0.2) is 30.5 Å².